The van der Waals surface area contributed by atoms with Crippen LogP contribution in [-0.4, -0.2) is 38.0 Å². The van der Waals surface area contributed by atoms with Gasteiger partial charge < -0.3 is 19.7 Å². The van der Waals surface area contributed by atoms with Crippen molar-refractivity contribution in [1.82, 2.24) is 4.90 Å². The monoisotopic (exact) mass is 354 g/mol. The zero-order valence-electron chi connectivity index (χ0n) is 15.1. The Morgan fingerprint density at radius 1 is 1.08 bits per heavy atom. The summed E-state index contributed by atoms with van der Waals surface area (Å²) in [7, 11) is 4.84. The number of ether oxygens (including phenoxy) is 2. The number of nitrogens with zero attached hydrogens (tertiary/aromatic N) is 1. The topological polar surface area (TPSA) is 67.9 Å². The fourth-order valence-corrected chi connectivity index (χ4v) is 3.36. The summed E-state index contributed by atoms with van der Waals surface area (Å²) in [5.41, 5.74) is 1.55. The van der Waals surface area contributed by atoms with Crippen LogP contribution in [0.25, 0.3) is 0 Å². The molecule has 136 valence electrons. The lowest BCUT2D eigenvalue weighted by Gasteiger charge is -2.25. The van der Waals surface area contributed by atoms with Crippen molar-refractivity contribution in [2.75, 3.05) is 26.6 Å². The van der Waals surface area contributed by atoms with Crippen molar-refractivity contribution in [3.63, 3.8) is 0 Å². The van der Waals surface area contributed by atoms with E-state index in [4.69, 9.17) is 9.47 Å². The maximum Gasteiger partial charge on any atom is 0.230 e. The van der Waals surface area contributed by atoms with Gasteiger partial charge >= 0.3 is 0 Å². The number of nitrogens with one attached hydrogen (secondary N) is 1. The SMILES string of the molecule is COc1ccc(NC(=O)C2CC(=O)N(C)C2c2ccccc2)cc1OC. The van der Waals surface area contributed by atoms with E-state index in [1.54, 1.807) is 44.4 Å². The summed E-state index contributed by atoms with van der Waals surface area (Å²) in [5, 5.41) is 2.90. The molecule has 0 bridgehead atoms. The van der Waals surface area contributed by atoms with Crippen LogP contribution in [0.3, 0.4) is 0 Å². The van der Waals surface area contributed by atoms with Gasteiger partial charge in [-0.2, -0.15) is 0 Å². The number of anilines is 1. The average Bonchev–Trinajstić information content (AvgIpc) is 2.97. The van der Waals surface area contributed by atoms with Crippen LogP contribution in [0.15, 0.2) is 48.5 Å². The van der Waals surface area contributed by atoms with Crippen LogP contribution in [-0.2, 0) is 9.59 Å². The Morgan fingerprint density at radius 3 is 2.42 bits per heavy atom. The van der Waals surface area contributed by atoms with E-state index in [1.807, 2.05) is 30.3 Å². The predicted octanol–water partition coefficient (Wildman–Crippen LogP) is 2.86. The number of amides is 2. The second-order valence-corrected chi connectivity index (χ2v) is 6.23. The standard InChI is InChI=1S/C20H22N2O4/c1-22-18(23)12-15(19(22)13-7-5-4-6-8-13)20(24)21-14-9-10-16(25-2)17(11-14)26-3/h4-11,15,19H,12H2,1-3H3,(H,21,24). The first-order chi connectivity index (χ1) is 12.5. The molecular formula is C20H22N2O4. The quantitative estimate of drug-likeness (QED) is 0.896. The van der Waals surface area contributed by atoms with E-state index >= 15 is 0 Å². The Bertz CT molecular complexity index is 807. The smallest absolute Gasteiger partial charge is 0.230 e. The molecule has 0 radical (unpaired) electrons. The van der Waals surface area contributed by atoms with E-state index < -0.39 is 5.92 Å². The molecule has 0 spiro atoms. The van der Waals surface area contributed by atoms with E-state index in [1.165, 1.54) is 0 Å². The van der Waals surface area contributed by atoms with Crippen molar-refractivity contribution in [2.45, 2.75) is 12.5 Å². The van der Waals surface area contributed by atoms with Gasteiger partial charge in [0.15, 0.2) is 11.5 Å². The molecule has 0 aromatic heterocycles. The molecule has 2 amide bonds. The van der Waals surface area contributed by atoms with Gasteiger partial charge in [-0.15, -0.1) is 0 Å². The molecule has 2 atom stereocenters. The lowest BCUT2D eigenvalue weighted by Crippen LogP contribution is -2.30. The third kappa shape index (κ3) is 3.35. The minimum Gasteiger partial charge on any atom is -0.493 e. The number of likely N-dealkylation sites (tertiary alicyclic amines) is 1. The van der Waals surface area contributed by atoms with Gasteiger partial charge in [0.1, 0.15) is 0 Å². The molecule has 2 unspecified atom stereocenters. The summed E-state index contributed by atoms with van der Waals surface area (Å²) in [6, 6.07) is 14.5. The van der Waals surface area contributed by atoms with Gasteiger partial charge in [-0.3, -0.25) is 9.59 Å². The molecule has 0 saturated carbocycles. The van der Waals surface area contributed by atoms with Gasteiger partial charge in [0.2, 0.25) is 11.8 Å². The van der Waals surface area contributed by atoms with Crippen molar-refractivity contribution in [3.8, 4) is 11.5 Å². The number of carbonyl (C=O) groups excluding carboxylic acids is 2. The highest BCUT2D eigenvalue weighted by Gasteiger charge is 2.42. The number of hydrogen-bond donors (Lipinski definition) is 1. The third-order valence-corrected chi connectivity index (χ3v) is 4.72. The number of methoxy groups -OCH3 is 2. The second kappa shape index (κ2) is 7.47. The highest BCUT2D eigenvalue weighted by molar-refractivity contribution is 5.98. The summed E-state index contributed by atoms with van der Waals surface area (Å²) >= 11 is 0. The molecule has 1 aliphatic heterocycles. The summed E-state index contributed by atoms with van der Waals surface area (Å²) in [4.78, 5) is 26.7. The van der Waals surface area contributed by atoms with Crippen LogP contribution >= 0.6 is 0 Å². The molecule has 1 N–H and O–H groups in total. The van der Waals surface area contributed by atoms with Crippen molar-refractivity contribution < 1.29 is 19.1 Å². The Hall–Kier alpha value is -3.02. The number of hydrogen-bond acceptors (Lipinski definition) is 4. The first kappa shape index (κ1) is 17.8. The molecule has 26 heavy (non-hydrogen) atoms. The maximum absolute atomic E-state index is 12.9. The zero-order chi connectivity index (χ0) is 18.7. The second-order valence-electron chi connectivity index (χ2n) is 6.23. The average molecular weight is 354 g/mol. The first-order valence-electron chi connectivity index (χ1n) is 8.38. The fraction of sp³-hybridized carbons (Fsp3) is 0.300. The summed E-state index contributed by atoms with van der Waals surface area (Å²) in [6.45, 7) is 0. The van der Waals surface area contributed by atoms with E-state index in [-0.39, 0.29) is 24.3 Å². The maximum atomic E-state index is 12.9. The number of rotatable bonds is 5. The Balaban J connectivity index is 1.83. The van der Waals surface area contributed by atoms with Crippen LogP contribution < -0.4 is 14.8 Å². The number of carbonyl (C=O) groups is 2. The molecule has 2 aromatic rings. The molecule has 1 fully saturated rings. The van der Waals surface area contributed by atoms with Gasteiger partial charge in [0.25, 0.3) is 0 Å². The molecule has 6 nitrogen and oxygen atoms in total. The molecule has 6 heteroatoms. The van der Waals surface area contributed by atoms with Gasteiger partial charge in [-0.25, -0.2) is 0 Å². The van der Waals surface area contributed by atoms with E-state index in [9.17, 15) is 9.59 Å². The van der Waals surface area contributed by atoms with Crippen molar-refractivity contribution in [3.05, 3.63) is 54.1 Å². The molecule has 0 aliphatic carbocycles. The Kier molecular flexibility index (Phi) is 5.11. The van der Waals surface area contributed by atoms with Crippen LogP contribution in [0.2, 0.25) is 0 Å². The van der Waals surface area contributed by atoms with E-state index in [0.29, 0.717) is 17.2 Å². The minimum atomic E-state index is -0.456. The zero-order valence-corrected chi connectivity index (χ0v) is 15.1. The largest absolute Gasteiger partial charge is 0.493 e. The first-order valence-corrected chi connectivity index (χ1v) is 8.38. The van der Waals surface area contributed by atoms with Gasteiger partial charge in [-0.1, -0.05) is 30.3 Å². The Labute approximate surface area is 152 Å². The van der Waals surface area contributed by atoms with Crippen LogP contribution in [0.5, 0.6) is 11.5 Å². The van der Waals surface area contributed by atoms with E-state index in [2.05, 4.69) is 5.32 Å². The normalized spacial score (nSPS) is 19.3. The van der Waals surface area contributed by atoms with Crippen molar-refractivity contribution in [1.29, 1.82) is 0 Å². The Morgan fingerprint density at radius 2 is 1.77 bits per heavy atom. The van der Waals surface area contributed by atoms with Crippen LogP contribution in [0, 0.1) is 5.92 Å². The highest BCUT2D eigenvalue weighted by atomic mass is 16.5. The minimum absolute atomic E-state index is 0.0358. The van der Waals surface area contributed by atoms with Gasteiger partial charge in [0.05, 0.1) is 26.2 Å². The van der Waals surface area contributed by atoms with Crippen molar-refractivity contribution in [2.24, 2.45) is 5.92 Å². The molecule has 1 saturated heterocycles. The molecular weight excluding hydrogens is 332 g/mol. The van der Waals surface area contributed by atoms with Gasteiger partial charge in [-0.05, 0) is 17.7 Å². The lowest BCUT2D eigenvalue weighted by atomic mass is 9.93. The fourth-order valence-electron chi connectivity index (χ4n) is 3.36. The lowest BCUT2D eigenvalue weighted by molar-refractivity contribution is -0.127. The highest BCUT2D eigenvalue weighted by Crippen LogP contribution is 2.38. The van der Waals surface area contributed by atoms with Crippen molar-refractivity contribution >= 4 is 17.5 Å². The summed E-state index contributed by atoms with van der Waals surface area (Å²) in [5.74, 6) is 0.436. The molecule has 2 aromatic carbocycles. The molecule has 1 heterocycles. The summed E-state index contributed by atoms with van der Waals surface area (Å²) < 4.78 is 10.5. The summed E-state index contributed by atoms with van der Waals surface area (Å²) in [6.07, 6.45) is 0.190. The molecule has 3 rings (SSSR count). The molecule has 1 aliphatic rings. The van der Waals surface area contributed by atoms with Crippen LogP contribution in [0.4, 0.5) is 5.69 Å². The third-order valence-electron chi connectivity index (χ3n) is 4.72. The predicted molar refractivity (Wildman–Crippen MR) is 98.2 cm³/mol. The van der Waals surface area contributed by atoms with E-state index in [0.717, 1.165) is 5.56 Å². The number of benzene rings is 2. The van der Waals surface area contributed by atoms with Gasteiger partial charge in [0, 0.05) is 25.2 Å². The van der Waals surface area contributed by atoms with Crippen LogP contribution in [0.1, 0.15) is 18.0 Å².